The second-order valence-corrected chi connectivity index (χ2v) is 8.43. The Labute approximate surface area is 183 Å². The molecular weight excluding hydrogens is 444 g/mol. The van der Waals surface area contributed by atoms with Crippen LogP contribution in [0.5, 0.6) is 5.75 Å². The number of ether oxygens (including phenoxy) is 1. The summed E-state index contributed by atoms with van der Waals surface area (Å²) in [5, 5.41) is 15.8. The first-order chi connectivity index (χ1) is 14.6. The first-order valence-electron chi connectivity index (χ1n) is 10.3. The van der Waals surface area contributed by atoms with E-state index in [0.29, 0.717) is 5.75 Å². The highest BCUT2D eigenvalue weighted by molar-refractivity contribution is 9.10. The van der Waals surface area contributed by atoms with Crippen molar-refractivity contribution in [1.29, 1.82) is 0 Å². The Hall–Kier alpha value is -2.64. The smallest absolute Gasteiger partial charge is 0.159 e. The molecule has 1 saturated heterocycles. The van der Waals surface area contributed by atoms with Crippen molar-refractivity contribution in [3.8, 4) is 28.4 Å². The van der Waals surface area contributed by atoms with Gasteiger partial charge in [0.25, 0.3) is 0 Å². The minimum absolute atomic E-state index is 0.0749. The Morgan fingerprint density at radius 2 is 2.13 bits per heavy atom. The molecule has 4 aromatic rings. The first-order valence-corrected chi connectivity index (χ1v) is 11.1. The van der Waals surface area contributed by atoms with Crippen LogP contribution in [-0.2, 0) is 11.2 Å². The normalized spacial score (nSPS) is 16.9. The Balaban J connectivity index is 1.70. The second-order valence-electron chi connectivity index (χ2n) is 7.61. The van der Waals surface area contributed by atoms with Gasteiger partial charge in [-0.15, -0.1) is 0 Å². The van der Waals surface area contributed by atoms with Crippen LogP contribution in [0.2, 0.25) is 0 Å². The van der Waals surface area contributed by atoms with Crippen molar-refractivity contribution in [2.75, 3.05) is 6.61 Å². The van der Waals surface area contributed by atoms with Crippen LogP contribution < -0.4 is 0 Å². The van der Waals surface area contributed by atoms with E-state index in [1.807, 2.05) is 23.0 Å². The van der Waals surface area contributed by atoms with Gasteiger partial charge in [-0.2, -0.15) is 5.10 Å². The number of benzene rings is 2. The predicted molar refractivity (Wildman–Crippen MR) is 120 cm³/mol. The number of phenolic OH excluding ortho intramolecular Hbond substituents is 1. The zero-order chi connectivity index (χ0) is 20.7. The lowest BCUT2D eigenvalue weighted by atomic mass is 9.96. The van der Waals surface area contributed by atoms with E-state index >= 15 is 0 Å². The summed E-state index contributed by atoms with van der Waals surface area (Å²) in [5.74, 6) is 1.02. The molecule has 1 aliphatic rings. The van der Waals surface area contributed by atoms with Gasteiger partial charge in [0.15, 0.2) is 12.1 Å². The van der Waals surface area contributed by atoms with Gasteiger partial charge >= 0.3 is 0 Å². The molecule has 0 radical (unpaired) electrons. The molecule has 1 aliphatic heterocycles. The van der Waals surface area contributed by atoms with E-state index < -0.39 is 0 Å². The molecule has 154 valence electrons. The number of nitrogens with zero attached hydrogens (tertiary/aromatic N) is 3. The van der Waals surface area contributed by atoms with Crippen molar-refractivity contribution >= 4 is 26.8 Å². The van der Waals surface area contributed by atoms with Gasteiger partial charge in [-0.1, -0.05) is 19.1 Å². The highest BCUT2D eigenvalue weighted by Gasteiger charge is 2.23. The Kier molecular flexibility index (Phi) is 5.08. The third-order valence-electron chi connectivity index (χ3n) is 5.69. The largest absolute Gasteiger partial charge is 0.508 e. The first kappa shape index (κ1) is 19.3. The quantitative estimate of drug-likeness (QED) is 0.397. The summed E-state index contributed by atoms with van der Waals surface area (Å²) in [6.45, 7) is 2.86. The maximum Gasteiger partial charge on any atom is 0.159 e. The van der Waals surface area contributed by atoms with Crippen molar-refractivity contribution in [1.82, 2.24) is 19.7 Å². The van der Waals surface area contributed by atoms with Crippen molar-refractivity contribution < 1.29 is 9.84 Å². The average molecular weight is 467 g/mol. The highest BCUT2D eigenvalue weighted by atomic mass is 79.9. The minimum Gasteiger partial charge on any atom is -0.508 e. The fourth-order valence-electron chi connectivity index (χ4n) is 4.19. The molecule has 2 aromatic heterocycles. The molecule has 0 aliphatic carbocycles. The van der Waals surface area contributed by atoms with Gasteiger partial charge in [0.2, 0.25) is 0 Å². The standard InChI is InChI=1S/C23H23BrN4O2/c1-2-14-11-16(29)7-9-17(14)15-6-8-18-19(12-15)28(21-5-3-4-10-30-21)27-22(18)23-25-13-20(24)26-23/h6-9,11-13,21,29H,2-5,10H2,1H3,(H,25,26). The molecule has 1 fully saturated rings. The molecule has 0 amide bonds. The minimum atomic E-state index is -0.0749. The lowest BCUT2D eigenvalue weighted by Gasteiger charge is -2.23. The molecule has 7 heteroatoms. The number of rotatable bonds is 4. The zero-order valence-corrected chi connectivity index (χ0v) is 18.3. The average Bonchev–Trinajstić information content (AvgIpc) is 3.37. The van der Waals surface area contributed by atoms with E-state index in [2.05, 4.69) is 51.0 Å². The second kappa shape index (κ2) is 7.89. The fraction of sp³-hybridized carbons (Fsp3) is 0.304. The van der Waals surface area contributed by atoms with E-state index in [-0.39, 0.29) is 6.23 Å². The van der Waals surface area contributed by atoms with E-state index in [0.717, 1.165) is 76.0 Å². The molecule has 1 atom stereocenters. The summed E-state index contributed by atoms with van der Waals surface area (Å²) in [6.07, 6.45) is 5.75. The number of aromatic hydroxyl groups is 1. The van der Waals surface area contributed by atoms with Crippen LogP contribution in [0.25, 0.3) is 33.5 Å². The monoisotopic (exact) mass is 466 g/mol. The Bertz CT molecular complexity index is 1210. The Morgan fingerprint density at radius 1 is 1.23 bits per heavy atom. The van der Waals surface area contributed by atoms with Crippen LogP contribution in [0, 0.1) is 0 Å². The van der Waals surface area contributed by atoms with Gasteiger partial charge in [-0.05, 0) is 82.6 Å². The number of aromatic amines is 1. The molecule has 2 aromatic carbocycles. The van der Waals surface area contributed by atoms with Gasteiger partial charge in [0.05, 0.1) is 5.52 Å². The summed E-state index contributed by atoms with van der Waals surface area (Å²) in [4.78, 5) is 7.72. The van der Waals surface area contributed by atoms with Gasteiger partial charge in [0.1, 0.15) is 16.0 Å². The van der Waals surface area contributed by atoms with Crippen LogP contribution in [0.1, 0.15) is 38.0 Å². The van der Waals surface area contributed by atoms with Gasteiger partial charge < -0.3 is 14.8 Å². The molecular formula is C23H23BrN4O2. The zero-order valence-electron chi connectivity index (χ0n) is 16.7. The van der Waals surface area contributed by atoms with Crippen molar-refractivity contribution in [2.45, 2.75) is 38.8 Å². The molecule has 2 N–H and O–H groups in total. The topological polar surface area (TPSA) is 76.0 Å². The highest BCUT2D eigenvalue weighted by Crippen LogP contribution is 2.36. The number of hydrogen-bond acceptors (Lipinski definition) is 4. The number of halogens is 1. The number of aromatic nitrogens is 4. The number of phenols is 1. The number of imidazole rings is 1. The maximum absolute atomic E-state index is 9.89. The maximum atomic E-state index is 9.89. The van der Waals surface area contributed by atoms with Crippen molar-refractivity contribution in [2.24, 2.45) is 0 Å². The van der Waals surface area contributed by atoms with Gasteiger partial charge in [-0.25, -0.2) is 9.67 Å². The van der Waals surface area contributed by atoms with Gasteiger partial charge in [0, 0.05) is 18.2 Å². The third kappa shape index (κ3) is 3.42. The van der Waals surface area contributed by atoms with Crippen LogP contribution in [0.4, 0.5) is 0 Å². The van der Waals surface area contributed by atoms with Crippen LogP contribution >= 0.6 is 15.9 Å². The van der Waals surface area contributed by atoms with E-state index in [1.54, 1.807) is 6.07 Å². The van der Waals surface area contributed by atoms with E-state index in [4.69, 9.17) is 9.84 Å². The molecule has 0 spiro atoms. The SMILES string of the molecule is CCc1cc(O)ccc1-c1ccc2c(-c3nc(Br)c[nH]3)nn(C3CCCCO3)c2c1. The van der Waals surface area contributed by atoms with Crippen LogP contribution in [-0.4, -0.2) is 31.5 Å². The molecule has 3 heterocycles. The number of H-pyrrole nitrogens is 1. The van der Waals surface area contributed by atoms with Crippen molar-refractivity contribution in [3.05, 3.63) is 52.8 Å². The summed E-state index contributed by atoms with van der Waals surface area (Å²) in [7, 11) is 0. The predicted octanol–water partition coefficient (Wildman–Crippen LogP) is 5.82. The van der Waals surface area contributed by atoms with Crippen molar-refractivity contribution in [3.63, 3.8) is 0 Å². The molecule has 30 heavy (non-hydrogen) atoms. The van der Waals surface area contributed by atoms with Crippen LogP contribution in [0.3, 0.4) is 0 Å². The summed E-state index contributed by atoms with van der Waals surface area (Å²) in [6, 6.07) is 12.0. The molecule has 0 bridgehead atoms. The lowest BCUT2D eigenvalue weighted by Crippen LogP contribution is -2.19. The fourth-order valence-corrected chi connectivity index (χ4v) is 4.48. The van der Waals surface area contributed by atoms with E-state index in [1.165, 1.54) is 0 Å². The number of hydrogen-bond donors (Lipinski definition) is 2. The van der Waals surface area contributed by atoms with Crippen LogP contribution in [0.15, 0.2) is 47.2 Å². The number of fused-ring (bicyclic) bond motifs is 1. The summed E-state index contributed by atoms with van der Waals surface area (Å²) in [5.41, 5.74) is 5.18. The summed E-state index contributed by atoms with van der Waals surface area (Å²) >= 11 is 3.42. The van der Waals surface area contributed by atoms with Gasteiger partial charge in [-0.3, -0.25) is 0 Å². The molecule has 0 saturated carbocycles. The Morgan fingerprint density at radius 3 is 2.87 bits per heavy atom. The van der Waals surface area contributed by atoms with E-state index in [9.17, 15) is 5.11 Å². The molecule has 1 unspecified atom stereocenters. The molecule has 5 rings (SSSR count). The number of nitrogens with one attached hydrogen (secondary N) is 1. The molecule has 6 nitrogen and oxygen atoms in total. The third-order valence-corrected chi connectivity index (χ3v) is 6.09. The number of aryl methyl sites for hydroxylation is 1. The summed E-state index contributed by atoms with van der Waals surface area (Å²) < 4.78 is 8.82. The lowest BCUT2D eigenvalue weighted by molar-refractivity contribution is -0.0365.